The maximum absolute atomic E-state index is 13.9. The Balaban J connectivity index is 2.62. The first-order chi connectivity index (χ1) is 9.02. The highest BCUT2D eigenvalue weighted by Gasteiger charge is 2.15. The van der Waals surface area contributed by atoms with Crippen LogP contribution in [0, 0.1) is 11.8 Å². The van der Waals surface area contributed by atoms with E-state index in [2.05, 4.69) is 0 Å². The van der Waals surface area contributed by atoms with E-state index in [1.54, 1.807) is 0 Å². The summed E-state index contributed by atoms with van der Waals surface area (Å²) in [5, 5.41) is 19.0. The molecule has 0 unspecified atom stereocenters. The van der Waals surface area contributed by atoms with Crippen molar-refractivity contribution in [2.45, 2.75) is 32.8 Å². The molecule has 3 heteroatoms. The average molecular weight is 266 g/mol. The Kier molecular flexibility index (Phi) is 6.74. The number of halogens is 1. The molecule has 0 radical (unpaired) electrons. The van der Waals surface area contributed by atoms with E-state index in [0.717, 1.165) is 5.56 Å². The summed E-state index contributed by atoms with van der Waals surface area (Å²) in [4.78, 5) is 0. The summed E-state index contributed by atoms with van der Waals surface area (Å²) >= 11 is 0. The number of aliphatic hydroxyl groups is 2. The van der Waals surface area contributed by atoms with Gasteiger partial charge >= 0.3 is 0 Å². The lowest BCUT2D eigenvalue weighted by Gasteiger charge is -2.14. The van der Waals surface area contributed by atoms with Crippen molar-refractivity contribution in [2.24, 2.45) is 11.8 Å². The van der Waals surface area contributed by atoms with Crippen molar-refractivity contribution < 1.29 is 14.6 Å². The standard InChI is InChI=1S/C16H23FO2/c1-12(2)8-14(11-18)9-15(17)16(19)10-13-6-4-3-5-7-13/h3-7,9,12,14,16,18-19H,8,10-11H2,1-2H3/b15-9-/t14-,16+/m1/s1. The molecule has 0 fully saturated rings. The number of benzene rings is 1. The average Bonchev–Trinajstić information content (AvgIpc) is 2.38. The van der Waals surface area contributed by atoms with Crippen molar-refractivity contribution in [3.05, 3.63) is 47.8 Å². The van der Waals surface area contributed by atoms with Gasteiger partial charge in [0.15, 0.2) is 0 Å². The molecule has 0 spiro atoms. The fourth-order valence-electron chi connectivity index (χ4n) is 2.07. The van der Waals surface area contributed by atoms with E-state index in [1.807, 2.05) is 44.2 Å². The molecule has 1 aromatic carbocycles. The highest BCUT2D eigenvalue weighted by molar-refractivity contribution is 5.18. The van der Waals surface area contributed by atoms with Gasteiger partial charge in [0.25, 0.3) is 0 Å². The van der Waals surface area contributed by atoms with Crippen LogP contribution in [0.3, 0.4) is 0 Å². The molecule has 0 saturated heterocycles. The van der Waals surface area contributed by atoms with Crippen molar-refractivity contribution >= 4 is 0 Å². The van der Waals surface area contributed by atoms with Gasteiger partial charge in [-0.1, -0.05) is 44.2 Å². The second-order valence-corrected chi connectivity index (χ2v) is 5.33. The van der Waals surface area contributed by atoms with Crippen molar-refractivity contribution in [3.63, 3.8) is 0 Å². The molecule has 0 aliphatic rings. The first-order valence-electron chi connectivity index (χ1n) is 6.73. The lowest BCUT2D eigenvalue weighted by Crippen LogP contribution is -2.14. The van der Waals surface area contributed by atoms with Crippen LogP contribution < -0.4 is 0 Å². The van der Waals surface area contributed by atoms with E-state index in [-0.39, 0.29) is 18.9 Å². The minimum Gasteiger partial charge on any atom is -0.396 e. The molecular formula is C16H23FO2. The molecule has 0 heterocycles. The summed E-state index contributed by atoms with van der Waals surface area (Å²) < 4.78 is 13.9. The molecular weight excluding hydrogens is 243 g/mol. The van der Waals surface area contributed by atoms with E-state index >= 15 is 0 Å². The Bertz CT molecular complexity index is 387. The normalized spacial score (nSPS) is 15.6. The second-order valence-electron chi connectivity index (χ2n) is 5.33. The van der Waals surface area contributed by atoms with Gasteiger partial charge in [0.05, 0.1) is 0 Å². The molecule has 0 amide bonds. The highest BCUT2D eigenvalue weighted by atomic mass is 19.1. The summed E-state index contributed by atoms with van der Waals surface area (Å²) in [7, 11) is 0. The Morgan fingerprint density at radius 2 is 1.89 bits per heavy atom. The predicted molar refractivity (Wildman–Crippen MR) is 75.4 cm³/mol. The van der Waals surface area contributed by atoms with Crippen LogP contribution in [-0.2, 0) is 6.42 Å². The van der Waals surface area contributed by atoms with Crippen LogP contribution in [0.2, 0.25) is 0 Å². The third-order valence-electron chi connectivity index (χ3n) is 2.99. The number of aliphatic hydroxyl groups excluding tert-OH is 2. The first-order valence-corrected chi connectivity index (χ1v) is 6.73. The van der Waals surface area contributed by atoms with Gasteiger partial charge in [-0.25, -0.2) is 4.39 Å². The molecule has 0 aliphatic carbocycles. The highest BCUT2D eigenvalue weighted by Crippen LogP contribution is 2.18. The molecule has 1 aromatic rings. The molecule has 0 bridgehead atoms. The van der Waals surface area contributed by atoms with Crippen molar-refractivity contribution in [1.82, 2.24) is 0 Å². The molecule has 0 aliphatic heterocycles. The van der Waals surface area contributed by atoms with E-state index in [1.165, 1.54) is 6.08 Å². The van der Waals surface area contributed by atoms with Crippen molar-refractivity contribution in [2.75, 3.05) is 6.61 Å². The smallest absolute Gasteiger partial charge is 0.125 e. The molecule has 106 valence electrons. The largest absolute Gasteiger partial charge is 0.396 e. The van der Waals surface area contributed by atoms with Gasteiger partial charge in [-0.05, 0) is 24.0 Å². The van der Waals surface area contributed by atoms with Crippen LogP contribution in [0.15, 0.2) is 42.2 Å². The number of hydrogen-bond donors (Lipinski definition) is 2. The minimum atomic E-state index is -1.14. The first kappa shape index (κ1) is 15.9. The summed E-state index contributed by atoms with van der Waals surface area (Å²) in [6.07, 6.45) is 1.18. The Labute approximate surface area is 114 Å². The van der Waals surface area contributed by atoms with Gasteiger partial charge in [-0.3, -0.25) is 0 Å². The fraction of sp³-hybridized carbons (Fsp3) is 0.500. The maximum Gasteiger partial charge on any atom is 0.125 e. The number of hydrogen-bond acceptors (Lipinski definition) is 2. The molecule has 2 nitrogen and oxygen atoms in total. The molecule has 0 saturated carbocycles. The van der Waals surface area contributed by atoms with Crippen LogP contribution in [0.1, 0.15) is 25.8 Å². The third kappa shape index (κ3) is 5.99. The number of rotatable bonds is 7. The Morgan fingerprint density at radius 1 is 1.26 bits per heavy atom. The topological polar surface area (TPSA) is 40.5 Å². The molecule has 0 aromatic heterocycles. The van der Waals surface area contributed by atoms with Gasteiger partial charge in [-0.15, -0.1) is 0 Å². The van der Waals surface area contributed by atoms with Crippen LogP contribution in [-0.4, -0.2) is 22.9 Å². The van der Waals surface area contributed by atoms with Crippen LogP contribution in [0.25, 0.3) is 0 Å². The Hall–Kier alpha value is -1.19. The molecule has 1 rings (SSSR count). The zero-order valence-corrected chi connectivity index (χ0v) is 11.6. The molecule has 2 N–H and O–H groups in total. The molecule has 19 heavy (non-hydrogen) atoms. The predicted octanol–water partition coefficient (Wildman–Crippen LogP) is 3.10. The zero-order chi connectivity index (χ0) is 14.3. The summed E-state index contributed by atoms with van der Waals surface area (Å²) in [6.45, 7) is 3.95. The van der Waals surface area contributed by atoms with Crippen molar-refractivity contribution in [3.8, 4) is 0 Å². The van der Waals surface area contributed by atoms with Gasteiger partial charge < -0.3 is 10.2 Å². The van der Waals surface area contributed by atoms with E-state index in [0.29, 0.717) is 12.3 Å². The minimum absolute atomic E-state index is 0.0936. The fourth-order valence-corrected chi connectivity index (χ4v) is 2.07. The lowest BCUT2D eigenvalue weighted by molar-refractivity contribution is 0.177. The van der Waals surface area contributed by atoms with E-state index in [4.69, 9.17) is 0 Å². The van der Waals surface area contributed by atoms with E-state index < -0.39 is 11.9 Å². The van der Waals surface area contributed by atoms with Gasteiger partial charge in [-0.2, -0.15) is 0 Å². The summed E-state index contributed by atoms with van der Waals surface area (Å²) in [5.41, 5.74) is 0.892. The van der Waals surface area contributed by atoms with Crippen LogP contribution in [0.5, 0.6) is 0 Å². The van der Waals surface area contributed by atoms with Gasteiger partial charge in [0, 0.05) is 18.9 Å². The monoisotopic (exact) mass is 266 g/mol. The van der Waals surface area contributed by atoms with Crippen LogP contribution in [0.4, 0.5) is 4.39 Å². The van der Waals surface area contributed by atoms with Gasteiger partial charge in [0.1, 0.15) is 11.9 Å². The zero-order valence-electron chi connectivity index (χ0n) is 11.6. The molecule has 2 atom stereocenters. The summed E-state index contributed by atoms with van der Waals surface area (Å²) in [5.74, 6) is -0.401. The third-order valence-corrected chi connectivity index (χ3v) is 2.99. The van der Waals surface area contributed by atoms with Crippen molar-refractivity contribution in [1.29, 1.82) is 0 Å². The maximum atomic E-state index is 13.9. The Morgan fingerprint density at radius 3 is 2.42 bits per heavy atom. The second kappa shape index (κ2) is 8.08. The summed E-state index contributed by atoms with van der Waals surface area (Å²) in [6, 6.07) is 9.31. The quantitative estimate of drug-likeness (QED) is 0.796. The lowest BCUT2D eigenvalue weighted by atomic mass is 9.96. The van der Waals surface area contributed by atoms with E-state index in [9.17, 15) is 14.6 Å². The SMILES string of the molecule is CC(C)C[C@H](/C=C(\F)[C@@H](O)Cc1ccccc1)CO. The van der Waals surface area contributed by atoms with Gasteiger partial charge in [0.2, 0.25) is 0 Å². The van der Waals surface area contributed by atoms with Crippen LogP contribution >= 0.6 is 0 Å².